The van der Waals surface area contributed by atoms with E-state index < -0.39 is 0 Å². The van der Waals surface area contributed by atoms with Crippen LogP contribution < -0.4 is 0 Å². The Morgan fingerprint density at radius 3 is 2.70 bits per heavy atom. The summed E-state index contributed by atoms with van der Waals surface area (Å²) in [5.74, 6) is 1.98. The maximum atomic E-state index is 12.2. The van der Waals surface area contributed by atoms with Crippen LogP contribution in [0, 0.1) is 13.8 Å². The van der Waals surface area contributed by atoms with Crippen molar-refractivity contribution in [3.63, 3.8) is 0 Å². The van der Waals surface area contributed by atoms with Crippen LogP contribution in [0.25, 0.3) is 0 Å². The van der Waals surface area contributed by atoms with E-state index in [-0.39, 0.29) is 5.91 Å². The number of hydrogen-bond donors (Lipinski definition) is 0. The number of aryl methyl sites for hydroxylation is 2. The van der Waals surface area contributed by atoms with Crippen molar-refractivity contribution in [2.75, 3.05) is 13.1 Å². The van der Waals surface area contributed by atoms with Crippen LogP contribution in [0.1, 0.15) is 46.2 Å². The average Bonchev–Trinajstić information content (AvgIpc) is 3.15. The zero-order valence-corrected chi connectivity index (χ0v) is 11.8. The molecule has 0 bridgehead atoms. The van der Waals surface area contributed by atoms with Gasteiger partial charge in [-0.2, -0.15) is 0 Å². The lowest BCUT2D eigenvalue weighted by molar-refractivity contribution is 0.0759. The van der Waals surface area contributed by atoms with E-state index in [0.717, 1.165) is 48.7 Å². The molecule has 1 fully saturated rings. The topological polar surface area (TPSA) is 59.5 Å². The molecule has 5 nitrogen and oxygen atoms in total. The van der Waals surface area contributed by atoms with E-state index in [4.69, 9.17) is 8.94 Å². The summed E-state index contributed by atoms with van der Waals surface area (Å²) in [4.78, 5) is 14.0. The lowest BCUT2D eigenvalue weighted by atomic mass is 10.1. The first-order valence-corrected chi connectivity index (χ1v) is 6.95. The van der Waals surface area contributed by atoms with Crippen molar-refractivity contribution < 1.29 is 13.7 Å². The summed E-state index contributed by atoms with van der Waals surface area (Å²) in [5, 5.41) is 3.93. The highest BCUT2D eigenvalue weighted by Crippen LogP contribution is 2.20. The van der Waals surface area contributed by atoms with Gasteiger partial charge in [-0.15, -0.1) is 0 Å². The summed E-state index contributed by atoms with van der Waals surface area (Å²) in [6.45, 7) is 5.46. The molecular weight excluding hydrogens is 256 g/mol. The number of amides is 1. The first-order chi connectivity index (χ1) is 9.65. The second-order valence-electron chi connectivity index (χ2n) is 5.24. The number of likely N-dealkylation sites (tertiary alicyclic amines) is 1. The van der Waals surface area contributed by atoms with E-state index in [0.29, 0.717) is 12.2 Å². The normalized spacial score (nSPS) is 15.0. The predicted molar refractivity (Wildman–Crippen MR) is 72.6 cm³/mol. The van der Waals surface area contributed by atoms with Crippen LogP contribution in [-0.4, -0.2) is 29.1 Å². The fraction of sp³-hybridized carbons (Fsp3) is 0.467. The minimum Gasteiger partial charge on any atom is -0.456 e. The van der Waals surface area contributed by atoms with Crippen LogP contribution >= 0.6 is 0 Å². The zero-order valence-electron chi connectivity index (χ0n) is 11.8. The Balaban J connectivity index is 1.75. The summed E-state index contributed by atoms with van der Waals surface area (Å²) in [5.41, 5.74) is 1.89. The summed E-state index contributed by atoms with van der Waals surface area (Å²) < 4.78 is 10.8. The van der Waals surface area contributed by atoms with Crippen molar-refractivity contribution in [1.82, 2.24) is 10.1 Å². The Morgan fingerprint density at radius 2 is 2.05 bits per heavy atom. The van der Waals surface area contributed by atoms with Gasteiger partial charge in [-0.25, -0.2) is 0 Å². The smallest absolute Gasteiger partial charge is 0.289 e. The third kappa shape index (κ3) is 2.35. The Labute approximate surface area is 117 Å². The van der Waals surface area contributed by atoms with Crippen molar-refractivity contribution in [3.8, 4) is 0 Å². The first-order valence-electron chi connectivity index (χ1n) is 6.95. The molecule has 5 heteroatoms. The third-order valence-electron chi connectivity index (χ3n) is 3.80. The molecule has 2 aromatic heterocycles. The lowest BCUT2D eigenvalue weighted by Crippen LogP contribution is -2.27. The number of hydrogen-bond acceptors (Lipinski definition) is 4. The molecule has 0 aromatic carbocycles. The highest BCUT2D eigenvalue weighted by molar-refractivity contribution is 5.91. The number of rotatable bonds is 3. The van der Waals surface area contributed by atoms with Crippen LogP contribution in [0.4, 0.5) is 0 Å². The molecule has 0 radical (unpaired) electrons. The number of carbonyl (C=O) groups is 1. The standard InChI is InChI=1S/C15H18N2O3/c1-10-13(11(2)20-16-10)9-12-5-6-14(19-12)15(18)17-7-3-4-8-17/h5-6H,3-4,7-9H2,1-2H3. The maximum Gasteiger partial charge on any atom is 0.289 e. The number of nitrogens with zero attached hydrogens (tertiary/aromatic N) is 2. The van der Waals surface area contributed by atoms with Crippen LogP contribution in [0.3, 0.4) is 0 Å². The molecule has 106 valence electrons. The number of carbonyl (C=O) groups excluding carboxylic acids is 1. The van der Waals surface area contributed by atoms with Crippen molar-refractivity contribution in [2.45, 2.75) is 33.1 Å². The summed E-state index contributed by atoms with van der Waals surface area (Å²) in [7, 11) is 0. The summed E-state index contributed by atoms with van der Waals surface area (Å²) in [6.07, 6.45) is 2.77. The van der Waals surface area contributed by atoms with Gasteiger partial charge < -0.3 is 13.8 Å². The summed E-state index contributed by atoms with van der Waals surface area (Å²) in [6, 6.07) is 3.61. The van der Waals surface area contributed by atoms with E-state index >= 15 is 0 Å². The second kappa shape index (κ2) is 5.15. The monoisotopic (exact) mass is 274 g/mol. The number of furan rings is 1. The maximum absolute atomic E-state index is 12.2. The van der Waals surface area contributed by atoms with Gasteiger partial charge in [0.25, 0.3) is 5.91 Å². The Kier molecular flexibility index (Phi) is 3.34. The Bertz CT molecular complexity index is 601. The molecule has 1 aliphatic heterocycles. The van der Waals surface area contributed by atoms with Gasteiger partial charge in [-0.05, 0) is 38.8 Å². The van der Waals surface area contributed by atoms with Crippen LogP contribution in [0.5, 0.6) is 0 Å². The molecule has 2 aromatic rings. The predicted octanol–water partition coefficient (Wildman–Crippen LogP) is 2.71. The highest BCUT2D eigenvalue weighted by atomic mass is 16.5. The second-order valence-corrected chi connectivity index (χ2v) is 5.24. The van der Waals surface area contributed by atoms with E-state index in [1.165, 1.54) is 0 Å². The van der Waals surface area contributed by atoms with Gasteiger partial charge in [0, 0.05) is 25.1 Å². The largest absolute Gasteiger partial charge is 0.456 e. The quantitative estimate of drug-likeness (QED) is 0.863. The van der Waals surface area contributed by atoms with Gasteiger partial charge in [0.2, 0.25) is 0 Å². The van der Waals surface area contributed by atoms with Gasteiger partial charge >= 0.3 is 0 Å². The van der Waals surface area contributed by atoms with E-state index in [1.54, 1.807) is 6.07 Å². The van der Waals surface area contributed by atoms with Gasteiger partial charge in [-0.3, -0.25) is 4.79 Å². The Morgan fingerprint density at radius 1 is 1.30 bits per heavy atom. The lowest BCUT2D eigenvalue weighted by Gasteiger charge is -2.12. The van der Waals surface area contributed by atoms with Gasteiger partial charge in [0.05, 0.1) is 5.69 Å². The molecule has 0 N–H and O–H groups in total. The van der Waals surface area contributed by atoms with Crippen molar-refractivity contribution in [3.05, 3.63) is 40.7 Å². The van der Waals surface area contributed by atoms with Crippen molar-refractivity contribution >= 4 is 5.91 Å². The Hall–Kier alpha value is -2.04. The molecule has 20 heavy (non-hydrogen) atoms. The third-order valence-corrected chi connectivity index (χ3v) is 3.80. The first kappa shape index (κ1) is 13.0. The van der Waals surface area contributed by atoms with Gasteiger partial charge in [0.1, 0.15) is 11.5 Å². The molecule has 1 aliphatic rings. The van der Waals surface area contributed by atoms with Crippen LogP contribution in [0.15, 0.2) is 21.1 Å². The van der Waals surface area contributed by atoms with E-state index in [9.17, 15) is 4.79 Å². The molecule has 3 heterocycles. The summed E-state index contributed by atoms with van der Waals surface area (Å²) >= 11 is 0. The minimum absolute atomic E-state index is 0.00693. The van der Waals surface area contributed by atoms with Crippen molar-refractivity contribution in [2.24, 2.45) is 0 Å². The molecule has 1 saturated heterocycles. The van der Waals surface area contributed by atoms with Crippen molar-refractivity contribution in [1.29, 1.82) is 0 Å². The zero-order chi connectivity index (χ0) is 14.1. The SMILES string of the molecule is Cc1noc(C)c1Cc1ccc(C(=O)N2CCCC2)o1. The molecular formula is C15H18N2O3. The minimum atomic E-state index is -0.00693. The molecule has 0 spiro atoms. The molecule has 0 saturated carbocycles. The fourth-order valence-corrected chi connectivity index (χ4v) is 2.59. The molecule has 1 amide bonds. The van der Waals surface area contributed by atoms with Gasteiger partial charge in [-0.1, -0.05) is 5.16 Å². The van der Waals surface area contributed by atoms with E-state index in [1.807, 2.05) is 24.8 Å². The highest BCUT2D eigenvalue weighted by Gasteiger charge is 2.22. The van der Waals surface area contributed by atoms with Crippen LogP contribution in [-0.2, 0) is 6.42 Å². The average molecular weight is 274 g/mol. The number of aromatic nitrogens is 1. The fourth-order valence-electron chi connectivity index (χ4n) is 2.59. The van der Waals surface area contributed by atoms with Crippen LogP contribution in [0.2, 0.25) is 0 Å². The molecule has 3 rings (SSSR count). The molecule has 0 atom stereocenters. The molecule has 0 unspecified atom stereocenters. The van der Waals surface area contributed by atoms with E-state index in [2.05, 4.69) is 5.16 Å². The molecule has 0 aliphatic carbocycles. The van der Waals surface area contributed by atoms with Gasteiger partial charge in [0.15, 0.2) is 5.76 Å².